The van der Waals surface area contributed by atoms with E-state index in [9.17, 15) is 14.4 Å². The van der Waals surface area contributed by atoms with Crippen molar-refractivity contribution in [2.45, 2.75) is 33.7 Å². The molecule has 28 heavy (non-hydrogen) atoms. The Balaban J connectivity index is 3.14. The average Bonchev–Trinajstić information content (AvgIpc) is 2.57. The number of anilines is 2. The van der Waals surface area contributed by atoms with Crippen LogP contribution in [0.3, 0.4) is 0 Å². The summed E-state index contributed by atoms with van der Waals surface area (Å²) in [5.41, 5.74) is 5.39. The second-order valence-electron chi connectivity index (χ2n) is 5.35. The number of alkyl carbamates (subject to hydrolysis) is 2. The molecule has 1 aromatic rings. The number of nitrogens with zero attached hydrogens (tertiary/aromatic N) is 3. The molecule has 0 bridgehead atoms. The number of carbonyl (C=O) groups excluding carboxylic acids is 3. The molecule has 0 aromatic carbocycles. The first-order chi connectivity index (χ1) is 13.2. The van der Waals surface area contributed by atoms with Crippen molar-refractivity contribution < 1.29 is 23.9 Å². The van der Waals surface area contributed by atoms with Crippen molar-refractivity contribution in [3.63, 3.8) is 0 Å². The number of carbonyl (C=O) groups is 3. The molecule has 13 heteroatoms. The third-order valence-corrected chi connectivity index (χ3v) is 2.98. The molecule has 3 amide bonds. The highest BCUT2D eigenvalue weighted by Crippen LogP contribution is 2.21. The number of aromatic nitrogens is 2. The normalized spacial score (nSPS) is 10.1. The van der Waals surface area contributed by atoms with Crippen LogP contribution in [0.4, 0.5) is 21.2 Å². The molecule has 5 N–H and O–H groups in total. The fourth-order valence-electron chi connectivity index (χ4n) is 1.72. The minimum Gasteiger partial charge on any atom is -0.450 e. The molecule has 1 rings (SSSR count). The van der Waals surface area contributed by atoms with Crippen molar-refractivity contribution >= 4 is 47.3 Å². The van der Waals surface area contributed by atoms with Crippen molar-refractivity contribution in [1.82, 2.24) is 20.6 Å². The number of hydrogen-bond acceptors (Lipinski definition) is 9. The van der Waals surface area contributed by atoms with Crippen LogP contribution in [-0.2, 0) is 9.47 Å². The van der Waals surface area contributed by atoms with Crippen molar-refractivity contribution in [3.8, 4) is 0 Å². The van der Waals surface area contributed by atoms with E-state index in [0.717, 1.165) is 0 Å². The number of amides is 3. The van der Waals surface area contributed by atoms with E-state index in [2.05, 4.69) is 40.4 Å². The number of halogens is 1. The molecule has 0 saturated heterocycles. The molecule has 0 radical (unpaired) electrons. The number of rotatable bonds is 5. The maximum Gasteiger partial charge on any atom is 0.413 e. The van der Waals surface area contributed by atoms with Gasteiger partial charge in [-0.15, -0.1) is 0 Å². The molecular weight excluding hydrogens is 394 g/mol. The molecule has 0 aliphatic heterocycles. The van der Waals surface area contributed by atoms with Gasteiger partial charge in [-0.1, -0.05) is 11.6 Å². The first kappa shape index (κ1) is 22.9. The van der Waals surface area contributed by atoms with Crippen LogP contribution in [0.5, 0.6) is 0 Å². The van der Waals surface area contributed by atoms with Crippen molar-refractivity contribution in [2.75, 3.05) is 24.3 Å². The number of ether oxygens (including phenoxy) is 2. The molecule has 0 fully saturated rings. The Bertz CT molecular complexity index is 747. The summed E-state index contributed by atoms with van der Waals surface area (Å²) < 4.78 is 9.36. The monoisotopic (exact) mass is 415 g/mol. The van der Waals surface area contributed by atoms with E-state index in [0.29, 0.717) is 0 Å². The fourth-order valence-corrected chi connectivity index (χ4v) is 1.90. The summed E-state index contributed by atoms with van der Waals surface area (Å²) in [5.74, 6) is -1.59. The largest absolute Gasteiger partial charge is 0.450 e. The highest BCUT2D eigenvalue weighted by molar-refractivity contribution is 6.32. The molecule has 0 aliphatic rings. The van der Waals surface area contributed by atoms with E-state index >= 15 is 0 Å². The van der Waals surface area contributed by atoms with Crippen LogP contribution in [0.15, 0.2) is 4.99 Å². The van der Waals surface area contributed by atoms with E-state index in [4.69, 9.17) is 17.3 Å². The Morgan fingerprint density at radius 3 is 2.11 bits per heavy atom. The van der Waals surface area contributed by atoms with E-state index in [1.54, 1.807) is 13.8 Å². The Hall–Kier alpha value is -3.15. The first-order valence-electron chi connectivity index (χ1n) is 8.27. The molecule has 0 saturated carbocycles. The van der Waals surface area contributed by atoms with Crippen LogP contribution in [0.25, 0.3) is 0 Å². The van der Waals surface area contributed by atoms with Crippen molar-refractivity contribution in [3.05, 3.63) is 10.8 Å². The number of hydrogen-bond donors (Lipinski definition) is 4. The van der Waals surface area contributed by atoms with Gasteiger partial charge < -0.3 is 20.5 Å². The van der Waals surface area contributed by atoms with Gasteiger partial charge >= 0.3 is 18.1 Å². The minimum absolute atomic E-state index is 0.0000638. The maximum absolute atomic E-state index is 12.4. The van der Waals surface area contributed by atoms with Gasteiger partial charge in [0.05, 0.1) is 13.2 Å². The number of nitrogens with two attached hydrogens (primary N) is 1. The predicted octanol–water partition coefficient (Wildman–Crippen LogP) is 1.52. The Labute approximate surface area is 166 Å². The fraction of sp³-hybridized carbons (Fsp3) is 0.467. The summed E-state index contributed by atoms with van der Waals surface area (Å²) in [5, 5.41) is 7.03. The lowest BCUT2D eigenvalue weighted by molar-refractivity contribution is 0.0998. The smallest absolute Gasteiger partial charge is 0.413 e. The topological polar surface area (TPSA) is 170 Å². The zero-order chi connectivity index (χ0) is 21.3. The van der Waals surface area contributed by atoms with Crippen LogP contribution in [-0.4, -0.2) is 53.3 Å². The predicted molar refractivity (Wildman–Crippen MR) is 102 cm³/mol. The Morgan fingerprint density at radius 2 is 1.64 bits per heavy atom. The summed E-state index contributed by atoms with van der Waals surface area (Å²) in [7, 11) is 0. The maximum atomic E-state index is 12.4. The third-order valence-electron chi connectivity index (χ3n) is 2.71. The number of guanidine groups is 1. The number of nitrogen functional groups attached to an aromatic ring is 1. The molecule has 12 nitrogen and oxygen atoms in total. The zero-order valence-electron chi connectivity index (χ0n) is 15.8. The SMILES string of the molecule is CCOC(=O)NC(=NC(=O)c1nc(Cl)c(NC(C)C)nc1N)NC(=O)OCC. The number of aliphatic imine (C=N–C) groups is 1. The first-order valence-corrected chi connectivity index (χ1v) is 8.65. The minimum atomic E-state index is -1.01. The van der Waals surface area contributed by atoms with Gasteiger partial charge in [-0.3, -0.25) is 15.4 Å². The van der Waals surface area contributed by atoms with Gasteiger partial charge in [0.25, 0.3) is 0 Å². The lowest BCUT2D eigenvalue weighted by Gasteiger charge is -2.12. The van der Waals surface area contributed by atoms with Crippen LogP contribution in [0.1, 0.15) is 38.2 Å². The van der Waals surface area contributed by atoms with Crippen molar-refractivity contribution in [1.29, 1.82) is 0 Å². The van der Waals surface area contributed by atoms with Gasteiger partial charge in [0.2, 0.25) is 5.96 Å². The highest BCUT2D eigenvalue weighted by Gasteiger charge is 2.20. The lowest BCUT2D eigenvalue weighted by Crippen LogP contribution is -2.44. The van der Waals surface area contributed by atoms with Gasteiger partial charge in [0, 0.05) is 6.04 Å². The molecule has 0 unspecified atom stereocenters. The molecule has 1 aromatic heterocycles. The summed E-state index contributed by atoms with van der Waals surface area (Å²) in [6.45, 7) is 6.98. The highest BCUT2D eigenvalue weighted by atomic mass is 35.5. The van der Waals surface area contributed by atoms with Crippen LogP contribution in [0.2, 0.25) is 5.15 Å². The third kappa shape index (κ3) is 7.23. The second-order valence-corrected chi connectivity index (χ2v) is 5.71. The zero-order valence-corrected chi connectivity index (χ0v) is 16.6. The van der Waals surface area contributed by atoms with Gasteiger partial charge in [0.15, 0.2) is 22.5 Å². The van der Waals surface area contributed by atoms with Gasteiger partial charge in [-0.05, 0) is 27.7 Å². The van der Waals surface area contributed by atoms with E-state index in [1.165, 1.54) is 0 Å². The number of nitrogens with one attached hydrogen (secondary N) is 3. The standard InChI is InChI=1S/C15H22ClN7O5/c1-5-27-14(25)22-13(23-15(26)28-6-2)21-12(24)8-10(17)20-11(9(16)19-8)18-7(3)4/h7H,5-6H2,1-4H3,(H3,17,18,20)(H2,21,22,23,24,25,26). The summed E-state index contributed by atoms with van der Waals surface area (Å²) in [4.78, 5) is 47.0. The summed E-state index contributed by atoms with van der Waals surface area (Å²) in [6.07, 6.45) is -1.89. The molecule has 0 spiro atoms. The van der Waals surface area contributed by atoms with Crippen LogP contribution >= 0.6 is 11.6 Å². The van der Waals surface area contributed by atoms with Crippen LogP contribution < -0.4 is 21.7 Å². The molecule has 154 valence electrons. The average molecular weight is 416 g/mol. The second kappa shape index (κ2) is 10.9. The van der Waals surface area contributed by atoms with E-state index in [-0.39, 0.29) is 41.7 Å². The van der Waals surface area contributed by atoms with Crippen LogP contribution in [0, 0.1) is 0 Å². The molecule has 0 atom stereocenters. The summed E-state index contributed by atoms with van der Waals surface area (Å²) in [6, 6.07) is -0.0000638. The molecule has 0 aliphatic carbocycles. The quantitative estimate of drug-likeness (QED) is 0.411. The van der Waals surface area contributed by atoms with E-state index in [1.807, 2.05) is 13.8 Å². The Morgan fingerprint density at radius 1 is 1.11 bits per heavy atom. The van der Waals surface area contributed by atoms with Gasteiger partial charge in [-0.2, -0.15) is 4.99 Å². The summed E-state index contributed by atoms with van der Waals surface area (Å²) >= 11 is 6.01. The van der Waals surface area contributed by atoms with E-state index < -0.39 is 24.1 Å². The Kier molecular flexibility index (Phi) is 8.88. The molecular formula is C15H22ClN7O5. The van der Waals surface area contributed by atoms with Gasteiger partial charge in [-0.25, -0.2) is 19.6 Å². The van der Waals surface area contributed by atoms with Gasteiger partial charge in [0.1, 0.15) is 0 Å². The molecule has 1 heterocycles. The van der Waals surface area contributed by atoms with Crippen molar-refractivity contribution in [2.24, 2.45) is 4.99 Å². The lowest BCUT2D eigenvalue weighted by atomic mass is 10.3.